The number of hydrogen-bond acceptors (Lipinski definition) is 4. The van der Waals surface area contributed by atoms with Crippen molar-refractivity contribution in [3.05, 3.63) is 80.5 Å². The summed E-state index contributed by atoms with van der Waals surface area (Å²) >= 11 is 11.9. The van der Waals surface area contributed by atoms with Crippen molar-refractivity contribution in [2.75, 3.05) is 0 Å². The van der Waals surface area contributed by atoms with Crippen molar-refractivity contribution in [2.45, 2.75) is 48.3 Å². The molecule has 2 atom stereocenters. The molecule has 5 rings (SSSR count). The summed E-state index contributed by atoms with van der Waals surface area (Å²) in [5, 5.41) is 0.958. The standard InChI is InChI=1S/C24H22Cl2O4S2/c25-17-3-7-19(8-4-17)31(27,28)21-13-23-11-1-2-12-24(23,15-21)16-22(14-23)32(29,30)20-9-5-18(26)6-10-20/h3-10,13,16H,1-2,11-12,14-15H2/t23-,24-. The van der Waals surface area contributed by atoms with Crippen LogP contribution in [0.3, 0.4) is 0 Å². The zero-order chi connectivity index (χ0) is 22.8. The summed E-state index contributed by atoms with van der Waals surface area (Å²) in [4.78, 5) is 1.22. The van der Waals surface area contributed by atoms with E-state index in [1.807, 2.05) is 12.2 Å². The molecule has 0 N–H and O–H groups in total. The largest absolute Gasteiger partial charge is 0.219 e. The zero-order valence-electron chi connectivity index (χ0n) is 17.2. The van der Waals surface area contributed by atoms with Crippen LogP contribution in [0.25, 0.3) is 0 Å². The minimum atomic E-state index is -3.67. The maximum absolute atomic E-state index is 13.4. The third kappa shape index (κ3) is 3.30. The molecule has 2 aromatic rings. The number of sulfone groups is 2. The summed E-state index contributed by atoms with van der Waals surface area (Å²) in [5.41, 5.74) is -0.955. The van der Waals surface area contributed by atoms with E-state index < -0.39 is 30.5 Å². The average molecular weight is 509 g/mol. The van der Waals surface area contributed by atoms with Gasteiger partial charge in [0.25, 0.3) is 0 Å². The maximum Gasteiger partial charge on any atom is 0.202 e. The highest BCUT2D eigenvalue weighted by Gasteiger charge is 2.60. The summed E-state index contributed by atoms with van der Waals surface area (Å²) in [6, 6.07) is 12.4. The van der Waals surface area contributed by atoms with Gasteiger partial charge in [0.05, 0.1) is 9.79 Å². The molecule has 1 fully saturated rings. The van der Waals surface area contributed by atoms with Crippen molar-refractivity contribution in [3.8, 4) is 0 Å². The van der Waals surface area contributed by atoms with Crippen molar-refractivity contribution in [2.24, 2.45) is 10.8 Å². The summed E-state index contributed by atoms with van der Waals surface area (Å²) in [6.45, 7) is 0. The molecular formula is C24H22Cl2O4S2. The molecule has 0 heterocycles. The van der Waals surface area contributed by atoms with Crippen LogP contribution in [0.2, 0.25) is 10.0 Å². The molecule has 4 nitrogen and oxygen atoms in total. The van der Waals surface area contributed by atoms with Crippen molar-refractivity contribution in [3.63, 3.8) is 0 Å². The van der Waals surface area contributed by atoms with Gasteiger partial charge in [-0.25, -0.2) is 16.8 Å². The van der Waals surface area contributed by atoms with E-state index in [-0.39, 0.29) is 9.79 Å². The molecule has 0 bridgehead atoms. The number of halogens is 2. The van der Waals surface area contributed by atoms with Gasteiger partial charge in [-0.3, -0.25) is 0 Å². The lowest BCUT2D eigenvalue weighted by molar-refractivity contribution is 0.110. The Bertz CT molecular complexity index is 1250. The monoisotopic (exact) mass is 508 g/mol. The molecule has 168 valence electrons. The van der Waals surface area contributed by atoms with Crippen LogP contribution in [-0.2, 0) is 19.7 Å². The van der Waals surface area contributed by atoms with Gasteiger partial charge in [-0.15, -0.1) is 0 Å². The smallest absolute Gasteiger partial charge is 0.202 e. The normalized spacial score (nSPS) is 27.4. The maximum atomic E-state index is 13.4. The molecule has 1 saturated carbocycles. The Morgan fingerprint density at radius 1 is 0.594 bits per heavy atom. The molecule has 8 heteroatoms. The predicted molar refractivity (Wildman–Crippen MR) is 126 cm³/mol. The number of allylic oxidation sites excluding steroid dienone is 4. The van der Waals surface area contributed by atoms with Crippen LogP contribution < -0.4 is 0 Å². The van der Waals surface area contributed by atoms with Gasteiger partial charge in [0.1, 0.15) is 0 Å². The summed E-state index contributed by atoms with van der Waals surface area (Å²) < 4.78 is 53.5. The van der Waals surface area contributed by atoms with Gasteiger partial charge in [0.15, 0.2) is 0 Å². The van der Waals surface area contributed by atoms with Crippen molar-refractivity contribution < 1.29 is 16.8 Å². The van der Waals surface area contributed by atoms with Gasteiger partial charge in [-0.2, -0.15) is 0 Å². The fraction of sp³-hybridized carbons (Fsp3) is 0.333. The van der Waals surface area contributed by atoms with Crippen LogP contribution in [-0.4, -0.2) is 16.8 Å². The van der Waals surface area contributed by atoms with Gasteiger partial charge >= 0.3 is 0 Å². The lowest BCUT2D eigenvalue weighted by atomic mass is 9.59. The molecule has 2 aromatic carbocycles. The molecule has 0 spiro atoms. The number of hydrogen-bond donors (Lipinski definition) is 0. The summed E-state index contributed by atoms with van der Waals surface area (Å²) in [5.74, 6) is 0. The van der Waals surface area contributed by atoms with Crippen molar-refractivity contribution in [1.82, 2.24) is 0 Å². The Morgan fingerprint density at radius 2 is 0.938 bits per heavy atom. The summed E-state index contributed by atoms with van der Waals surface area (Å²) in [7, 11) is -7.33. The molecule has 0 amide bonds. The minimum Gasteiger partial charge on any atom is -0.219 e. The number of rotatable bonds is 4. The van der Waals surface area contributed by atoms with E-state index in [0.717, 1.165) is 25.7 Å². The van der Waals surface area contributed by atoms with E-state index in [1.165, 1.54) is 24.3 Å². The fourth-order valence-corrected chi connectivity index (χ4v) is 9.16. The lowest BCUT2D eigenvalue weighted by Gasteiger charge is -2.44. The van der Waals surface area contributed by atoms with Crippen LogP contribution in [0.15, 0.2) is 80.3 Å². The van der Waals surface area contributed by atoms with E-state index in [9.17, 15) is 16.8 Å². The Morgan fingerprint density at radius 3 is 1.28 bits per heavy atom. The quantitative estimate of drug-likeness (QED) is 0.481. The second kappa shape index (κ2) is 7.45. The first-order valence-corrected chi connectivity index (χ1v) is 14.3. The molecule has 0 radical (unpaired) electrons. The van der Waals surface area contributed by atoms with E-state index >= 15 is 0 Å². The van der Waals surface area contributed by atoms with Gasteiger partial charge in [-0.1, -0.05) is 48.2 Å². The second-order valence-corrected chi connectivity index (χ2v) is 13.9. The van der Waals surface area contributed by atoms with E-state index in [2.05, 4.69) is 0 Å². The van der Waals surface area contributed by atoms with Crippen LogP contribution in [0.5, 0.6) is 0 Å². The molecule has 0 aliphatic heterocycles. The van der Waals surface area contributed by atoms with Crippen LogP contribution in [0, 0.1) is 10.8 Å². The van der Waals surface area contributed by atoms with Crippen LogP contribution >= 0.6 is 23.2 Å². The second-order valence-electron chi connectivity index (χ2n) is 9.01. The topological polar surface area (TPSA) is 68.3 Å². The predicted octanol–water partition coefficient (Wildman–Crippen LogP) is 6.36. The van der Waals surface area contributed by atoms with E-state index in [0.29, 0.717) is 32.7 Å². The first kappa shape index (κ1) is 22.2. The minimum absolute atomic E-state index is 0.218. The molecule has 3 aliphatic rings. The number of benzene rings is 2. The molecule has 0 unspecified atom stereocenters. The highest BCUT2D eigenvalue weighted by atomic mass is 35.5. The molecule has 32 heavy (non-hydrogen) atoms. The van der Waals surface area contributed by atoms with Gasteiger partial charge in [0.2, 0.25) is 19.7 Å². The Kier molecular flexibility index (Phi) is 5.17. The van der Waals surface area contributed by atoms with Crippen molar-refractivity contribution in [1.29, 1.82) is 0 Å². The van der Waals surface area contributed by atoms with Crippen LogP contribution in [0.1, 0.15) is 38.5 Å². The average Bonchev–Trinajstić information content (AvgIpc) is 3.27. The third-order valence-electron chi connectivity index (χ3n) is 7.28. The molecule has 3 aliphatic carbocycles. The van der Waals surface area contributed by atoms with Gasteiger partial charge < -0.3 is 0 Å². The van der Waals surface area contributed by atoms with E-state index in [4.69, 9.17) is 23.2 Å². The highest BCUT2D eigenvalue weighted by molar-refractivity contribution is 7.95. The Balaban J connectivity index is 1.55. The Labute approximate surface area is 198 Å². The molecular weight excluding hydrogens is 487 g/mol. The SMILES string of the molecule is O=S(=O)(C1=C[C@]23CCCC[C@@]2(C=C(S(=O)(=O)c2ccc(Cl)cc2)C3)C1)c1ccc(Cl)cc1. The van der Waals surface area contributed by atoms with Gasteiger partial charge in [0, 0.05) is 30.7 Å². The molecule has 0 aromatic heterocycles. The molecule has 0 saturated heterocycles. The van der Waals surface area contributed by atoms with E-state index in [1.54, 1.807) is 24.3 Å². The van der Waals surface area contributed by atoms with Crippen LogP contribution in [0.4, 0.5) is 0 Å². The van der Waals surface area contributed by atoms with Crippen molar-refractivity contribution >= 4 is 42.9 Å². The highest BCUT2D eigenvalue weighted by Crippen LogP contribution is 2.68. The van der Waals surface area contributed by atoms with Gasteiger partial charge in [-0.05, 0) is 74.2 Å². The first-order chi connectivity index (χ1) is 15.1. The lowest BCUT2D eigenvalue weighted by Crippen LogP contribution is -2.35. The summed E-state index contributed by atoms with van der Waals surface area (Å²) in [6.07, 6.45) is 7.87. The first-order valence-electron chi connectivity index (χ1n) is 10.5. The zero-order valence-corrected chi connectivity index (χ0v) is 20.4. The third-order valence-corrected chi connectivity index (χ3v) is 11.5. The fourth-order valence-electron chi connectivity index (χ4n) is 5.66. The Hall–Kier alpha value is -1.60.